The maximum atomic E-state index is 12.6. The van der Waals surface area contributed by atoms with Crippen LogP contribution in [0.15, 0.2) is 76.2 Å². The van der Waals surface area contributed by atoms with Crippen molar-refractivity contribution in [3.8, 4) is 11.1 Å². The number of para-hydroxylation sites is 1. The monoisotopic (exact) mass is 454 g/mol. The average Bonchev–Trinajstić information content (AvgIpc) is 3.43. The summed E-state index contributed by atoms with van der Waals surface area (Å²) in [5, 5.41) is 2.40. The maximum absolute atomic E-state index is 12.6. The highest BCUT2D eigenvalue weighted by atomic mass is 32.2. The Morgan fingerprint density at radius 3 is 2.41 bits per heavy atom. The molecular weight excluding hydrogens is 432 g/mol. The molecule has 4 rings (SSSR count). The predicted octanol–water partition coefficient (Wildman–Crippen LogP) is 3.57. The molecule has 1 unspecified atom stereocenters. The lowest BCUT2D eigenvalue weighted by Gasteiger charge is -2.15. The van der Waals surface area contributed by atoms with Crippen LogP contribution in [0.5, 0.6) is 0 Å². The van der Waals surface area contributed by atoms with Crippen LogP contribution < -0.4 is 10.0 Å². The Hall–Kier alpha value is -3.43. The van der Waals surface area contributed by atoms with Crippen molar-refractivity contribution < 1.29 is 27.2 Å². The van der Waals surface area contributed by atoms with Crippen LogP contribution in [0.25, 0.3) is 11.1 Å². The number of rotatable bonds is 8. The van der Waals surface area contributed by atoms with Gasteiger partial charge < -0.3 is 14.5 Å². The molecule has 2 N–H and O–H groups in total. The molecule has 32 heavy (non-hydrogen) atoms. The Morgan fingerprint density at radius 1 is 1.00 bits per heavy atom. The van der Waals surface area contributed by atoms with Gasteiger partial charge >= 0.3 is 5.97 Å². The third-order valence-electron chi connectivity index (χ3n) is 4.87. The number of carbonyl (C=O) groups is 2. The molecular formula is C23H22N2O6S. The molecule has 1 aromatic heterocycles. The second-order valence-electron chi connectivity index (χ2n) is 7.46. The first kappa shape index (κ1) is 21.8. The minimum Gasteiger partial charge on any atom is -0.447 e. The molecule has 0 bridgehead atoms. The Morgan fingerprint density at radius 2 is 1.69 bits per heavy atom. The van der Waals surface area contributed by atoms with Crippen molar-refractivity contribution in [3.05, 3.63) is 72.5 Å². The number of carbonyl (C=O) groups excluding carboxylic acids is 2. The summed E-state index contributed by atoms with van der Waals surface area (Å²) in [6, 6.07) is 19.1. The third kappa shape index (κ3) is 5.06. The highest BCUT2D eigenvalue weighted by Gasteiger charge is 2.31. The topological polar surface area (TPSA) is 115 Å². The largest absolute Gasteiger partial charge is 0.447 e. The van der Waals surface area contributed by atoms with Crippen LogP contribution in [-0.2, 0) is 19.6 Å². The number of benzene rings is 2. The zero-order valence-corrected chi connectivity index (χ0v) is 18.1. The standard InChI is InChI=1S/C23H22N2O6S/c1-15(22(26)24-19-10-6-5-9-18(19)16-7-3-2-4-8-16)30-23(27)20-13-14-21(31-20)32(28,29)25-17-11-12-17/h2-10,13-15,17,25H,11-12H2,1H3,(H,24,26). The van der Waals surface area contributed by atoms with Crippen molar-refractivity contribution >= 4 is 27.6 Å². The van der Waals surface area contributed by atoms with Crippen LogP contribution in [0.1, 0.15) is 30.3 Å². The summed E-state index contributed by atoms with van der Waals surface area (Å²) in [5.41, 5.74) is 2.32. The summed E-state index contributed by atoms with van der Waals surface area (Å²) < 4.78 is 37.2. The number of nitrogens with one attached hydrogen (secondary N) is 2. The van der Waals surface area contributed by atoms with Gasteiger partial charge in [0.15, 0.2) is 6.10 Å². The lowest BCUT2D eigenvalue weighted by Crippen LogP contribution is -2.30. The van der Waals surface area contributed by atoms with Crippen molar-refractivity contribution in [1.29, 1.82) is 0 Å². The maximum Gasteiger partial charge on any atom is 0.375 e. The summed E-state index contributed by atoms with van der Waals surface area (Å²) in [6.45, 7) is 1.42. The van der Waals surface area contributed by atoms with Crippen molar-refractivity contribution in [3.63, 3.8) is 0 Å². The van der Waals surface area contributed by atoms with Gasteiger partial charge in [0.25, 0.3) is 15.9 Å². The van der Waals surface area contributed by atoms with E-state index in [1.165, 1.54) is 19.1 Å². The SMILES string of the molecule is CC(OC(=O)c1ccc(S(=O)(=O)NC2CC2)o1)C(=O)Nc1ccccc1-c1ccccc1. The van der Waals surface area contributed by atoms with Gasteiger partial charge in [-0.2, -0.15) is 0 Å². The molecule has 3 aromatic rings. The molecule has 0 saturated heterocycles. The van der Waals surface area contributed by atoms with Gasteiger partial charge in [-0.15, -0.1) is 0 Å². The van der Waals surface area contributed by atoms with E-state index in [4.69, 9.17) is 9.15 Å². The molecule has 8 nitrogen and oxygen atoms in total. The van der Waals surface area contributed by atoms with Crippen LogP contribution in [0.4, 0.5) is 5.69 Å². The van der Waals surface area contributed by atoms with Crippen molar-refractivity contribution in [2.75, 3.05) is 5.32 Å². The van der Waals surface area contributed by atoms with E-state index in [-0.39, 0.29) is 16.9 Å². The van der Waals surface area contributed by atoms with E-state index in [0.29, 0.717) is 5.69 Å². The van der Waals surface area contributed by atoms with Gasteiger partial charge in [0, 0.05) is 17.3 Å². The van der Waals surface area contributed by atoms with Gasteiger partial charge in [-0.25, -0.2) is 17.9 Å². The molecule has 0 radical (unpaired) electrons. The van der Waals surface area contributed by atoms with E-state index < -0.39 is 28.0 Å². The lowest BCUT2D eigenvalue weighted by atomic mass is 10.0. The summed E-state index contributed by atoms with van der Waals surface area (Å²) in [5.74, 6) is -1.76. The summed E-state index contributed by atoms with van der Waals surface area (Å²) in [6.07, 6.45) is 0.407. The second kappa shape index (κ2) is 8.97. The summed E-state index contributed by atoms with van der Waals surface area (Å²) >= 11 is 0. The van der Waals surface area contributed by atoms with Gasteiger partial charge in [0.05, 0.1) is 0 Å². The van der Waals surface area contributed by atoms with Crippen LogP contribution >= 0.6 is 0 Å². The van der Waals surface area contributed by atoms with Crippen LogP contribution in [0.2, 0.25) is 0 Å². The van der Waals surface area contributed by atoms with E-state index in [0.717, 1.165) is 24.0 Å². The molecule has 1 atom stereocenters. The zero-order valence-electron chi connectivity index (χ0n) is 17.3. The van der Waals surface area contributed by atoms with Gasteiger partial charge in [-0.1, -0.05) is 48.5 Å². The van der Waals surface area contributed by atoms with Crippen LogP contribution in [-0.4, -0.2) is 32.4 Å². The van der Waals surface area contributed by atoms with E-state index >= 15 is 0 Å². The first-order chi connectivity index (χ1) is 15.3. The van der Waals surface area contributed by atoms with Gasteiger partial charge in [-0.05, 0) is 43.5 Å². The van der Waals surface area contributed by atoms with E-state index in [2.05, 4.69) is 10.0 Å². The van der Waals surface area contributed by atoms with Gasteiger partial charge in [0.2, 0.25) is 10.9 Å². The number of hydrogen-bond acceptors (Lipinski definition) is 6. The molecule has 0 aliphatic heterocycles. The minimum atomic E-state index is -3.83. The Kier molecular flexibility index (Phi) is 6.11. The fourth-order valence-corrected chi connectivity index (χ4v) is 4.26. The number of ether oxygens (including phenoxy) is 1. The molecule has 9 heteroatoms. The molecule has 0 spiro atoms. The molecule has 1 amide bonds. The summed E-state index contributed by atoms with van der Waals surface area (Å²) in [7, 11) is -3.83. The first-order valence-electron chi connectivity index (χ1n) is 10.1. The molecule has 1 saturated carbocycles. The first-order valence-corrected chi connectivity index (χ1v) is 11.6. The molecule has 2 aromatic carbocycles. The Balaban J connectivity index is 1.41. The smallest absolute Gasteiger partial charge is 0.375 e. The lowest BCUT2D eigenvalue weighted by molar-refractivity contribution is -0.123. The number of anilines is 1. The molecule has 1 aliphatic rings. The van der Waals surface area contributed by atoms with E-state index in [1.807, 2.05) is 42.5 Å². The van der Waals surface area contributed by atoms with Crippen molar-refractivity contribution in [2.24, 2.45) is 0 Å². The van der Waals surface area contributed by atoms with Gasteiger partial charge in [-0.3, -0.25) is 4.79 Å². The van der Waals surface area contributed by atoms with Crippen molar-refractivity contribution in [1.82, 2.24) is 4.72 Å². The van der Waals surface area contributed by atoms with E-state index in [9.17, 15) is 18.0 Å². The Bertz CT molecular complexity index is 1230. The summed E-state index contributed by atoms with van der Waals surface area (Å²) in [4.78, 5) is 25.0. The molecule has 166 valence electrons. The predicted molar refractivity (Wildman–Crippen MR) is 117 cm³/mol. The molecule has 1 heterocycles. The quantitative estimate of drug-likeness (QED) is 0.503. The number of furan rings is 1. The third-order valence-corrected chi connectivity index (χ3v) is 6.26. The van der Waals surface area contributed by atoms with Crippen LogP contribution in [0, 0.1) is 0 Å². The highest BCUT2D eigenvalue weighted by Crippen LogP contribution is 2.28. The molecule has 1 fully saturated rings. The Labute approximate surface area is 185 Å². The van der Waals surface area contributed by atoms with Gasteiger partial charge in [0.1, 0.15) is 0 Å². The molecule has 1 aliphatic carbocycles. The fraction of sp³-hybridized carbons (Fsp3) is 0.217. The number of amides is 1. The van der Waals surface area contributed by atoms with Crippen molar-refractivity contribution in [2.45, 2.75) is 37.0 Å². The number of sulfonamides is 1. The second-order valence-corrected chi connectivity index (χ2v) is 9.11. The van der Waals surface area contributed by atoms with E-state index in [1.54, 1.807) is 12.1 Å². The highest BCUT2D eigenvalue weighted by molar-refractivity contribution is 7.89. The minimum absolute atomic E-state index is 0.0945. The fourth-order valence-electron chi connectivity index (χ4n) is 3.02. The average molecular weight is 455 g/mol. The zero-order chi connectivity index (χ0) is 22.7. The normalized spacial score (nSPS) is 14.5. The number of esters is 1. The van der Waals surface area contributed by atoms with Crippen LogP contribution in [0.3, 0.4) is 0 Å². The number of hydrogen-bond donors (Lipinski definition) is 2.